The summed E-state index contributed by atoms with van der Waals surface area (Å²) in [7, 11) is 0. The van der Waals surface area contributed by atoms with Crippen molar-refractivity contribution in [1.29, 1.82) is 0 Å². The van der Waals surface area contributed by atoms with E-state index in [1.807, 2.05) is 24.3 Å². The molecule has 1 amide bonds. The van der Waals surface area contributed by atoms with Crippen LogP contribution in [-0.2, 0) is 11.2 Å². The van der Waals surface area contributed by atoms with Crippen molar-refractivity contribution in [1.82, 2.24) is 4.90 Å². The molecule has 0 unspecified atom stereocenters. The maximum Gasteiger partial charge on any atom is 0.211 e. The number of anilines is 1. The SMILES string of the molecule is C=C(Cc1ccc(NC=O)cc1)N1CCCC1. The van der Waals surface area contributed by atoms with Crippen LogP contribution in [0.1, 0.15) is 18.4 Å². The van der Waals surface area contributed by atoms with E-state index in [1.54, 1.807) is 0 Å². The zero-order chi connectivity index (χ0) is 12.1. The van der Waals surface area contributed by atoms with E-state index in [9.17, 15) is 4.79 Å². The van der Waals surface area contributed by atoms with Crippen LogP contribution < -0.4 is 5.32 Å². The molecule has 0 spiro atoms. The molecule has 1 N–H and O–H groups in total. The molecule has 1 aromatic rings. The maximum atomic E-state index is 10.3. The number of allylic oxidation sites excluding steroid dienone is 1. The van der Waals surface area contributed by atoms with Crippen LogP contribution in [0.5, 0.6) is 0 Å². The molecule has 2 rings (SSSR count). The van der Waals surface area contributed by atoms with Crippen LogP contribution in [0.2, 0.25) is 0 Å². The fraction of sp³-hybridized carbons (Fsp3) is 0.357. The van der Waals surface area contributed by atoms with Gasteiger partial charge in [-0.05, 0) is 30.5 Å². The van der Waals surface area contributed by atoms with Gasteiger partial charge in [0.05, 0.1) is 0 Å². The summed E-state index contributed by atoms with van der Waals surface area (Å²) in [6.45, 7) is 6.43. The van der Waals surface area contributed by atoms with E-state index in [1.165, 1.54) is 24.1 Å². The predicted octanol–water partition coefficient (Wildman–Crippen LogP) is 2.41. The normalized spacial score (nSPS) is 14.7. The number of carbonyl (C=O) groups excluding carboxylic acids is 1. The summed E-state index contributed by atoms with van der Waals surface area (Å²) in [6.07, 6.45) is 4.14. The van der Waals surface area contributed by atoms with E-state index in [0.29, 0.717) is 6.41 Å². The number of rotatable bonds is 5. The molecule has 0 aliphatic carbocycles. The summed E-state index contributed by atoms with van der Waals surface area (Å²) >= 11 is 0. The molecular formula is C14H18N2O. The zero-order valence-corrected chi connectivity index (χ0v) is 9.98. The Morgan fingerprint density at radius 1 is 1.29 bits per heavy atom. The summed E-state index contributed by atoms with van der Waals surface area (Å²) in [4.78, 5) is 12.6. The van der Waals surface area contributed by atoms with Crippen LogP contribution in [-0.4, -0.2) is 24.4 Å². The monoisotopic (exact) mass is 230 g/mol. The highest BCUT2D eigenvalue weighted by atomic mass is 16.1. The predicted molar refractivity (Wildman–Crippen MR) is 69.8 cm³/mol. The van der Waals surface area contributed by atoms with Crippen molar-refractivity contribution < 1.29 is 4.79 Å². The van der Waals surface area contributed by atoms with Gasteiger partial charge < -0.3 is 10.2 Å². The van der Waals surface area contributed by atoms with E-state index in [0.717, 1.165) is 25.2 Å². The molecule has 0 saturated carbocycles. The Balaban J connectivity index is 1.93. The van der Waals surface area contributed by atoms with Gasteiger partial charge in [0.25, 0.3) is 0 Å². The Hall–Kier alpha value is -1.77. The van der Waals surface area contributed by atoms with E-state index in [4.69, 9.17) is 0 Å². The molecule has 1 aromatic carbocycles. The fourth-order valence-corrected chi connectivity index (χ4v) is 2.17. The number of nitrogens with one attached hydrogen (secondary N) is 1. The quantitative estimate of drug-likeness (QED) is 0.788. The molecule has 90 valence electrons. The summed E-state index contributed by atoms with van der Waals surface area (Å²) in [5, 5.41) is 2.63. The molecule has 1 aliphatic rings. The van der Waals surface area contributed by atoms with Gasteiger partial charge in [-0.3, -0.25) is 4.79 Å². The molecule has 1 fully saturated rings. The topological polar surface area (TPSA) is 32.3 Å². The lowest BCUT2D eigenvalue weighted by Gasteiger charge is -2.20. The first-order valence-electron chi connectivity index (χ1n) is 6.01. The van der Waals surface area contributed by atoms with Crippen LogP contribution in [0, 0.1) is 0 Å². The van der Waals surface area contributed by atoms with Gasteiger partial charge in [0.1, 0.15) is 0 Å². The van der Waals surface area contributed by atoms with Gasteiger partial charge in [-0.15, -0.1) is 0 Å². The highest BCUT2D eigenvalue weighted by Crippen LogP contribution is 2.18. The van der Waals surface area contributed by atoms with Crippen molar-refractivity contribution in [3.8, 4) is 0 Å². The van der Waals surface area contributed by atoms with Crippen molar-refractivity contribution in [2.24, 2.45) is 0 Å². The lowest BCUT2D eigenvalue weighted by Crippen LogP contribution is -2.19. The molecule has 0 bridgehead atoms. The minimum atomic E-state index is 0.693. The minimum absolute atomic E-state index is 0.693. The molecule has 1 aliphatic heterocycles. The first kappa shape index (κ1) is 11.7. The second-order valence-corrected chi connectivity index (χ2v) is 4.40. The molecule has 3 heteroatoms. The van der Waals surface area contributed by atoms with Crippen LogP contribution >= 0.6 is 0 Å². The van der Waals surface area contributed by atoms with Gasteiger partial charge in [-0.2, -0.15) is 0 Å². The van der Waals surface area contributed by atoms with Crippen molar-refractivity contribution in [3.05, 3.63) is 42.1 Å². The maximum absolute atomic E-state index is 10.3. The number of amides is 1. The summed E-state index contributed by atoms with van der Waals surface area (Å²) in [5.41, 5.74) is 3.26. The standard InChI is InChI=1S/C14H18N2O/c1-12(16-8-2-3-9-16)10-13-4-6-14(7-5-13)15-11-17/h4-7,11H,1-3,8-10H2,(H,15,17). The number of benzene rings is 1. The first-order chi connectivity index (χ1) is 8.29. The summed E-state index contributed by atoms with van der Waals surface area (Å²) < 4.78 is 0. The Labute approximate surface area is 102 Å². The van der Waals surface area contributed by atoms with E-state index >= 15 is 0 Å². The Bertz CT molecular complexity index is 391. The molecule has 0 aromatic heterocycles. The number of carbonyl (C=O) groups is 1. The van der Waals surface area contributed by atoms with Crippen molar-refractivity contribution in [2.45, 2.75) is 19.3 Å². The van der Waals surface area contributed by atoms with Gasteiger partial charge in [-0.1, -0.05) is 18.7 Å². The third-order valence-corrected chi connectivity index (χ3v) is 3.14. The van der Waals surface area contributed by atoms with Crippen LogP contribution in [0.3, 0.4) is 0 Å². The second-order valence-electron chi connectivity index (χ2n) is 4.40. The highest BCUT2D eigenvalue weighted by molar-refractivity contribution is 5.71. The first-order valence-corrected chi connectivity index (χ1v) is 6.01. The Morgan fingerprint density at radius 2 is 1.94 bits per heavy atom. The minimum Gasteiger partial charge on any atom is -0.375 e. The zero-order valence-electron chi connectivity index (χ0n) is 9.98. The summed E-state index contributed by atoms with van der Waals surface area (Å²) in [6, 6.07) is 7.90. The van der Waals surface area contributed by atoms with Gasteiger partial charge in [0.2, 0.25) is 6.41 Å². The molecule has 1 heterocycles. The van der Waals surface area contributed by atoms with Gasteiger partial charge in [0, 0.05) is 30.9 Å². The third-order valence-electron chi connectivity index (χ3n) is 3.14. The lowest BCUT2D eigenvalue weighted by atomic mass is 10.1. The molecule has 0 atom stereocenters. The fourth-order valence-electron chi connectivity index (χ4n) is 2.17. The molecule has 1 saturated heterocycles. The van der Waals surface area contributed by atoms with Gasteiger partial charge in [0.15, 0.2) is 0 Å². The molecule has 3 nitrogen and oxygen atoms in total. The van der Waals surface area contributed by atoms with Crippen molar-refractivity contribution >= 4 is 12.1 Å². The number of hydrogen-bond donors (Lipinski definition) is 1. The Kier molecular flexibility index (Phi) is 3.81. The highest BCUT2D eigenvalue weighted by Gasteiger charge is 2.13. The molecule has 0 radical (unpaired) electrons. The summed E-state index contributed by atoms with van der Waals surface area (Å²) in [5.74, 6) is 0. The second kappa shape index (κ2) is 5.53. The Morgan fingerprint density at radius 3 is 2.53 bits per heavy atom. The van der Waals surface area contributed by atoms with Crippen LogP contribution in [0.25, 0.3) is 0 Å². The third kappa shape index (κ3) is 3.09. The number of likely N-dealkylation sites (tertiary alicyclic amines) is 1. The van der Waals surface area contributed by atoms with E-state index < -0.39 is 0 Å². The van der Waals surface area contributed by atoms with Crippen LogP contribution in [0.4, 0.5) is 5.69 Å². The van der Waals surface area contributed by atoms with Crippen molar-refractivity contribution in [3.63, 3.8) is 0 Å². The van der Waals surface area contributed by atoms with Crippen LogP contribution in [0.15, 0.2) is 36.5 Å². The van der Waals surface area contributed by atoms with Gasteiger partial charge >= 0.3 is 0 Å². The average Bonchev–Trinajstić information content (AvgIpc) is 2.86. The largest absolute Gasteiger partial charge is 0.375 e. The number of nitrogens with zero attached hydrogens (tertiary/aromatic N) is 1. The van der Waals surface area contributed by atoms with Crippen molar-refractivity contribution in [2.75, 3.05) is 18.4 Å². The van der Waals surface area contributed by atoms with Gasteiger partial charge in [-0.25, -0.2) is 0 Å². The number of hydrogen-bond acceptors (Lipinski definition) is 2. The lowest BCUT2D eigenvalue weighted by molar-refractivity contribution is -0.105. The molecule has 17 heavy (non-hydrogen) atoms. The molecular weight excluding hydrogens is 212 g/mol. The van der Waals surface area contributed by atoms with E-state index in [-0.39, 0.29) is 0 Å². The average molecular weight is 230 g/mol. The van der Waals surface area contributed by atoms with E-state index in [2.05, 4.69) is 16.8 Å². The smallest absolute Gasteiger partial charge is 0.211 e.